The number of nitrogens with zero attached hydrogens (tertiary/aromatic N) is 1. The number of hydrogen-bond acceptors (Lipinski definition) is 6. The molecule has 2 saturated heterocycles. The molecule has 3 amide bonds. The Bertz CT molecular complexity index is 868. The Morgan fingerprint density at radius 1 is 1.27 bits per heavy atom. The molecule has 8 nitrogen and oxygen atoms in total. The maximum absolute atomic E-state index is 12.4. The second kappa shape index (κ2) is 7.49. The highest BCUT2D eigenvalue weighted by Gasteiger charge is 2.44. The highest BCUT2D eigenvalue weighted by molar-refractivity contribution is 6.01. The van der Waals surface area contributed by atoms with Crippen LogP contribution in [0, 0.1) is 0 Å². The Morgan fingerprint density at radius 2 is 2.00 bits per heavy atom. The van der Waals surface area contributed by atoms with E-state index in [0.29, 0.717) is 32.5 Å². The number of carbonyl (C=O) groups excluding carboxylic acids is 3. The molecule has 0 radical (unpaired) electrons. The lowest BCUT2D eigenvalue weighted by molar-refractivity contribution is -0.133. The molecule has 2 fully saturated rings. The maximum Gasteiger partial charge on any atom is 0.410 e. The molecule has 3 aliphatic heterocycles. The molecule has 162 valence electrons. The molecular formula is C22H29N3O5. The van der Waals surface area contributed by atoms with Crippen LogP contribution in [-0.2, 0) is 19.7 Å². The van der Waals surface area contributed by atoms with Gasteiger partial charge in [0.15, 0.2) is 0 Å². The summed E-state index contributed by atoms with van der Waals surface area (Å²) >= 11 is 0. The zero-order valence-corrected chi connectivity index (χ0v) is 17.7. The summed E-state index contributed by atoms with van der Waals surface area (Å²) in [6.07, 6.45) is 2.19. The highest BCUT2D eigenvalue weighted by atomic mass is 16.6. The van der Waals surface area contributed by atoms with E-state index in [0.717, 1.165) is 29.8 Å². The molecule has 4 rings (SSSR count). The zero-order valence-electron chi connectivity index (χ0n) is 17.7. The number of rotatable bonds is 2. The van der Waals surface area contributed by atoms with Gasteiger partial charge in [-0.15, -0.1) is 0 Å². The van der Waals surface area contributed by atoms with E-state index in [2.05, 4.69) is 16.7 Å². The van der Waals surface area contributed by atoms with Gasteiger partial charge in [-0.05, 0) is 46.1 Å². The van der Waals surface area contributed by atoms with Crippen LogP contribution in [-0.4, -0.2) is 54.1 Å². The summed E-state index contributed by atoms with van der Waals surface area (Å²) in [5.74, 6) is 0.298. The van der Waals surface area contributed by atoms with Gasteiger partial charge in [-0.2, -0.15) is 0 Å². The minimum atomic E-state index is -0.499. The fraction of sp³-hybridized carbons (Fsp3) is 0.591. The third kappa shape index (κ3) is 4.08. The fourth-order valence-corrected chi connectivity index (χ4v) is 4.35. The van der Waals surface area contributed by atoms with Crippen LogP contribution in [0.25, 0.3) is 0 Å². The zero-order chi connectivity index (χ0) is 21.5. The summed E-state index contributed by atoms with van der Waals surface area (Å²) in [6.45, 7) is 7.47. The number of hydrogen-bond donors (Lipinski definition) is 2. The Balaban J connectivity index is 1.41. The van der Waals surface area contributed by atoms with Gasteiger partial charge >= 0.3 is 6.09 Å². The Morgan fingerprint density at radius 3 is 2.67 bits per heavy atom. The number of ether oxygens (including phenoxy) is 2. The minimum absolute atomic E-state index is 0.0962. The van der Waals surface area contributed by atoms with Crippen molar-refractivity contribution in [3.05, 3.63) is 23.8 Å². The van der Waals surface area contributed by atoms with Crippen LogP contribution in [0.1, 0.15) is 52.0 Å². The SMILES string of the molecule is CC(C)(C)OC(=O)N1CCC2(CC1)COc1cc(NC3CCC(=O)NC3=O)ccc12. The van der Waals surface area contributed by atoms with Crippen LogP contribution in [0.15, 0.2) is 18.2 Å². The number of carbonyl (C=O) groups is 3. The van der Waals surface area contributed by atoms with Crippen LogP contribution >= 0.6 is 0 Å². The number of imide groups is 1. The fourth-order valence-electron chi connectivity index (χ4n) is 4.35. The summed E-state index contributed by atoms with van der Waals surface area (Å²) in [6, 6.07) is 5.51. The second-order valence-electron chi connectivity index (χ2n) is 9.40. The van der Waals surface area contributed by atoms with E-state index >= 15 is 0 Å². The van der Waals surface area contributed by atoms with Crippen molar-refractivity contribution in [2.45, 2.75) is 63.5 Å². The van der Waals surface area contributed by atoms with Crippen LogP contribution < -0.4 is 15.4 Å². The summed E-state index contributed by atoms with van der Waals surface area (Å²) in [7, 11) is 0. The van der Waals surface area contributed by atoms with Gasteiger partial charge in [0.25, 0.3) is 0 Å². The molecular weight excluding hydrogens is 386 g/mol. The van der Waals surface area contributed by atoms with Crippen molar-refractivity contribution >= 4 is 23.6 Å². The molecule has 3 aliphatic rings. The number of piperidine rings is 2. The smallest absolute Gasteiger partial charge is 0.410 e. The molecule has 0 saturated carbocycles. The topological polar surface area (TPSA) is 97.0 Å². The lowest BCUT2D eigenvalue weighted by atomic mass is 9.74. The summed E-state index contributed by atoms with van der Waals surface area (Å²) in [5, 5.41) is 5.56. The van der Waals surface area contributed by atoms with Crippen molar-refractivity contribution in [1.29, 1.82) is 0 Å². The van der Waals surface area contributed by atoms with Gasteiger partial charge in [0.2, 0.25) is 11.8 Å². The third-order valence-corrected chi connectivity index (χ3v) is 6.01. The second-order valence-corrected chi connectivity index (χ2v) is 9.40. The molecule has 30 heavy (non-hydrogen) atoms. The predicted octanol–water partition coefficient (Wildman–Crippen LogP) is 2.56. The normalized spacial score (nSPS) is 22.9. The van der Waals surface area contributed by atoms with E-state index in [1.165, 1.54) is 0 Å². The summed E-state index contributed by atoms with van der Waals surface area (Å²) in [5.41, 5.74) is 1.36. The molecule has 1 spiro atoms. The average molecular weight is 415 g/mol. The van der Waals surface area contributed by atoms with E-state index in [1.807, 2.05) is 32.9 Å². The van der Waals surface area contributed by atoms with Crippen LogP contribution in [0.2, 0.25) is 0 Å². The molecule has 1 aromatic rings. The van der Waals surface area contributed by atoms with Crippen molar-refractivity contribution in [1.82, 2.24) is 10.2 Å². The lowest BCUT2D eigenvalue weighted by Gasteiger charge is -2.38. The van der Waals surface area contributed by atoms with Crippen LogP contribution in [0.4, 0.5) is 10.5 Å². The highest BCUT2D eigenvalue weighted by Crippen LogP contribution is 2.46. The van der Waals surface area contributed by atoms with Crippen LogP contribution in [0.3, 0.4) is 0 Å². The predicted molar refractivity (Wildman–Crippen MR) is 110 cm³/mol. The summed E-state index contributed by atoms with van der Waals surface area (Å²) in [4.78, 5) is 37.4. The molecule has 1 unspecified atom stereocenters. The maximum atomic E-state index is 12.4. The van der Waals surface area contributed by atoms with Gasteiger partial charge in [0.1, 0.15) is 17.4 Å². The van der Waals surface area contributed by atoms with E-state index < -0.39 is 11.6 Å². The lowest BCUT2D eigenvalue weighted by Crippen LogP contribution is -2.47. The Hall–Kier alpha value is -2.77. The van der Waals surface area contributed by atoms with Crippen molar-refractivity contribution in [3.8, 4) is 5.75 Å². The number of benzene rings is 1. The Labute approximate surface area is 176 Å². The first-order valence-electron chi connectivity index (χ1n) is 10.5. The van der Waals surface area contributed by atoms with Gasteiger partial charge in [0.05, 0.1) is 6.61 Å². The minimum Gasteiger partial charge on any atom is -0.492 e. The number of nitrogens with one attached hydrogen (secondary N) is 2. The van der Waals surface area contributed by atoms with Gasteiger partial charge in [-0.3, -0.25) is 14.9 Å². The molecule has 0 aliphatic carbocycles. The largest absolute Gasteiger partial charge is 0.492 e. The summed E-state index contributed by atoms with van der Waals surface area (Å²) < 4.78 is 11.5. The molecule has 3 heterocycles. The van der Waals surface area contributed by atoms with Gasteiger partial charge in [-0.25, -0.2) is 4.79 Å². The number of anilines is 1. The van der Waals surface area contributed by atoms with Crippen molar-refractivity contribution in [3.63, 3.8) is 0 Å². The molecule has 8 heteroatoms. The monoisotopic (exact) mass is 415 g/mol. The first-order chi connectivity index (χ1) is 14.2. The first kappa shape index (κ1) is 20.5. The quantitative estimate of drug-likeness (QED) is 0.721. The molecule has 0 aromatic heterocycles. The average Bonchev–Trinajstić information content (AvgIpc) is 3.01. The van der Waals surface area contributed by atoms with Gasteiger partial charge < -0.3 is 19.7 Å². The molecule has 1 atom stereocenters. The standard InChI is InChI=1S/C22H29N3O5/c1-21(2,3)30-20(28)25-10-8-22(9-11-25)13-29-17-12-14(4-5-15(17)22)23-16-6-7-18(26)24-19(16)27/h4-5,12,16,23H,6-11,13H2,1-3H3,(H,24,26,27). The van der Waals surface area contributed by atoms with E-state index in [9.17, 15) is 14.4 Å². The van der Waals surface area contributed by atoms with E-state index in [1.54, 1.807) is 4.90 Å². The number of fused-ring (bicyclic) bond motifs is 2. The number of likely N-dealkylation sites (tertiary alicyclic amines) is 1. The van der Waals surface area contributed by atoms with E-state index in [4.69, 9.17) is 9.47 Å². The van der Waals surface area contributed by atoms with Crippen LogP contribution in [0.5, 0.6) is 5.75 Å². The Kier molecular flexibility index (Phi) is 5.11. The van der Waals surface area contributed by atoms with Gasteiger partial charge in [-0.1, -0.05) is 6.07 Å². The van der Waals surface area contributed by atoms with Crippen molar-refractivity contribution in [2.24, 2.45) is 0 Å². The third-order valence-electron chi connectivity index (χ3n) is 6.01. The van der Waals surface area contributed by atoms with Crippen molar-refractivity contribution < 1.29 is 23.9 Å². The van der Waals surface area contributed by atoms with E-state index in [-0.39, 0.29) is 23.3 Å². The molecule has 0 bridgehead atoms. The number of amides is 3. The van der Waals surface area contributed by atoms with Gasteiger partial charge in [0, 0.05) is 42.2 Å². The molecule has 1 aromatic carbocycles. The van der Waals surface area contributed by atoms with Crippen molar-refractivity contribution in [2.75, 3.05) is 25.0 Å². The molecule has 2 N–H and O–H groups in total. The first-order valence-corrected chi connectivity index (χ1v) is 10.5.